The van der Waals surface area contributed by atoms with Crippen molar-refractivity contribution in [3.63, 3.8) is 0 Å². The zero-order chi connectivity index (χ0) is 13.5. The van der Waals surface area contributed by atoms with Crippen molar-refractivity contribution in [2.24, 2.45) is 0 Å². The van der Waals surface area contributed by atoms with E-state index < -0.39 is 0 Å². The van der Waals surface area contributed by atoms with Gasteiger partial charge < -0.3 is 15.2 Å². The van der Waals surface area contributed by atoms with E-state index >= 15 is 0 Å². The van der Waals surface area contributed by atoms with Crippen molar-refractivity contribution in [3.05, 3.63) is 35.4 Å². The Bertz CT molecular complexity index is 799. The highest BCUT2D eigenvalue weighted by atomic mass is 16.7. The average molecular weight is 269 g/mol. The third-order valence-electron chi connectivity index (χ3n) is 3.22. The van der Waals surface area contributed by atoms with Crippen LogP contribution in [0.2, 0.25) is 0 Å². The maximum absolute atomic E-state index is 5.79. The van der Waals surface area contributed by atoms with Crippen molar-refractivity contribution in [1.29, 1.82) is 0 Å². The fourth-order valence-electron chi connectivity index (χ4n) is 2.33. The molecule has 7 nitrogen and oxygen atoms in total. The fourth-order valence-corrected chi connectivity index (χ4v) is 2.33. The number of nitrogens with zero attached hydrogens (tertiary/aromatic N) is 3. The lowest BCUT2D eigenvalue weighted by Crippen LogP contribution is -1.96. The van der Waals surface area contributed by atoms with Gasteiger partial charge >= 0.3 is 0 Å². The summed E-state index contributed by atoms with van der Waals surface area (Å²) in [5, 5.41) is 10.7. The number of nitrogens with two attached hydrogens (primary N) is 1. The molecule has 1 aliphatic heterocycles. The van der Waals surface area contributed by atoms with Crippen molar-refractivity contribution in [1.82, 2.24) is 20.4 Å². The van der Waals surface area contributed by atoms with Gasteiger partial charge in [-0.25, -0.2) is 4.98 Å². The summed E-state index contributed by atoms with van der Waals surface area (Å²) >= 11 is 0. The van der Waals surface area contributed by atoms with E-state index in [1.165, 1.54) is 0 Å². The highest BCUT2D eigenvalue weighted by molar-refractivity contribution is 5.76. The number of rotatable bonds is 2. The molecule has 0 saturated heterocycles. The minimum absolute atomic E-state index is 0.272. The first-order valence-electron chi connectivity index (χ1n) is 6.14. The molecule has 0 bridgehead atoms. The predicted molar refractivity (Wildman–Crippen MR) is 71.5 cm³/mol. The Hall–Kier alpha value is -2.83. The Labute approximate surface area is 113 Å². The van der Waals surface area contributed by atoms with Crippen LogP contribution >= 0.6 is 0 Å². The third kappa shape index (κ3) is 1.71. The zero-order valence-corrected chi connectivity index (χ0v) is 10.5. The van der Waals surface area contributed by atoms with E-state index in [2.05, 4.69) is 20.4 Å². The number of fused-ring (bicyclic) bond motifs is 2. The topological polar surface area (TPSA) is 98.9 Å². The summed E-state index contributed by atoms with van der Waals surface area (Å²) in [6, 6.07) is 7.68. The van der Waals surface area contributed by atoms with Gasteiger partial charge in [0.1, 0.15) is 11.3 Å². The van der Waals surface area contributed by atoms with E-state index in [0.29, 0.717) is 17.9 Å². The summed E-state index contributed by atoms with van der Waals surface area (Å²) in [6.07, 6.45) is 0.673. The monoisotopic (exact) mass is 269 g/mol. The van der Waals surface area contributed by atoms with Gasteiger partial charge in [-0.3, -0.25) is 0 Å². The van der Waals surface area contributed by atoms with Crippen LogP contribution in [0.15, 0.2) is 24.3 Å². The Morgan fingerprint density at radius 3 is 3.00 bits per heavy atom. The lowest BCUT2D eigenvalue weighted by Gasteiger charge is -2.05. The van der Waals surface area contributed by atoms with Crippen LogP contribution < -0.4 is 15.2 Å². The summed E-state index contributed by atoms with van der Waals surface area (Å²) < 4.78 is 10.7. The molecule has 1 aromatic carbocycles. The SMILES string of the molecule is Nc1cc(Cc2ccc3c(c2)OCO3)c2n[nH]nc2n1. The molecule has 0 spiro atoms. The number of nitrogen functional groups attached to an aromatic ring is 1. The van der Waals surface area contributed by atoms with Crippen LogP contribution in [-0.2, 0) is 6.42 Å². The lowest BCUT2D eigenvalue weighted by molar-refractivity contribution is 0.174. The van der Waals surface area contributed by atoms with Crippen molar-refractivity contribution in [2.45, 2.75) is 6.42 Å². The maximum atomic E-state index is 5.79. The number of aromatic amines is 1. The van der Waals surface area contributed by atoms with E-state index in [1.54, 1.807) is 0 Å². The summed E-state index contributed by atoms with van der Waals surface area (Å²) in [6.45, 7) is 0.272. The van der Waals surface area contributed by atoms with Gasteiger partial charge in [0, 0.05) is 6.42 Å². The summed E-state index contributed by atoms with van der Waals surface area (Å²) in [7, 11) is 0. The van der Waals surface area contributed by atoms with E-state index in [4.69, 9.17) is 15.2 Å². The predicted octanol–water partition coefficient (Wildman–Crippen LogP) is 1.25. The highest BCUT2D eigenvalue weighted by Gasteiger charge is 2.15. The minimum atomic E-state index is 0.272. The molecule has 100 valence electrons. The number of nitrogens with one attached hydrogen (secondary N) is 1. The van der Waals surface area contributed by atoms with E-state index in [-0.39, 0.29) is 6.79 Å². The Balaban J connectivity index is 1.75. The number of ether oxygens (including phenoxy) is 2. The van der Waals surface area contributed by atoms with Gasteiger partial charge in [0.25, 0.3) is 0 Å². The van der Waals surface area contributed by atoms with Crippen molar-refractivity contribution >= 4 is 17.0 Å². The number of hydrogen-bond acceptors (Lipinski definition) is 6. The summed E-state index contributed by atoms with van der Waals surface area (Å²) in [4.78, 5) is 4.12. The molecule has 0 amide bonds. The lowest BCUT2D eigenvalue weighted by atomic mass is 10.0. The molecule has 7 heteroatoms. The molecule has 0 aliphatic carbocycles. The van der Waals surface area contributed by atoms with Gasteiger partial charge in [-0.05, 0) is 29.3 Å². The van der Waals surface area contributed by atoms with Gasteiger partial charge in [-0.2, -0.15) is 10.3 Å². The van der Waals surface area contributed by atoms with Crippen LogP contribution in [0.3, 0.4) is 0 Å². The van der Waals surface area contributed by atoms with Crippen molar-refractivity contribution in [2.75, 3.05) is 12.5 Å². The molecule has 20 heavy (non-hydrogen) atoms. The first-order valence-corrected chi connectivity index (χ1v) is 6.14. The average Bonchev–Trinajstić information content (AvgIpc) is 3.05. The Kier molecular flexibility index (Phi) is 2.26. The van der Waals surface area contributed by atoms with Crippen LogP contribution in [0, 0.1) is 0 Å². The second-order valence-corrected chi connectivity index (χ2v) is 4.57. The van der Waals surface area contributed by atoms with Gasteiger partial charge in [0.2, 0.25) is 12.4 Å². The van der Waals surface area contributed by atoms with Crippen LogP contribution in [0.5, 0.6) is 11.5 Å². The normalized spacial score (nSPS) is 13.0. The Morgan fingerprint density at radius 2 is 2.05 bits per heavy atom. The molecule has 0 fully saturated rings. The fraction of sp³-hybridized carbons (Fsp3) is 0.154. The number of H-pyrrole nitrogens is 1. The second-order valence-electron chi connectivity index (χ2n) is 4.57. The number of aromatic nitrogens is 4. The quantitative estimate of drug-likeness (QED) is 0.726. The first kappa shape index (κ1) is 11.0. The molecule has 0 atom stereocenters. The molecule has 1 aliphatic rings. The van der Waals surface area contributed by atoms with Crippen LogP contribution in [-0.4, -0.2) is 27.2 Å². The number of hydrogen-bond donors (Lipinski definition) is 2. The molecule has 4 rings (SSSR count). The van der Waals surface area contributed by atoms with Crippen molar-refractivity contribution < 1.29 is 9.47 Å². The first-order chi connectivity index (χ1) is 9.79. The second kappa shape index (κ2) is 4.09. The number of benzene rings is 1. The molecule has 3 aromatic rings. The van der Waals surface area contributed by atoms with Crippen LogP contribution in [0.25, 0.3) is 11.2 Å². The van der Waals surface area contributed by atoms with Crippen molar-refractivity contribution in [3.8, 4) is 11.5 Å². The molecule has 3 heterocycles. The van der Waals surface area contributed by atoms with Gasteiger partial charge in [0.05, 0.1) is 0 Å². The molecule has 0 unspecified atom stereocenters. The Morgan fingerprint density at radius 1 is 1.15 bits per heavy atom. The van der Waals surface area contributed by atoms with Crippen LogP contribution in [0.1, 0.15) is 11.1 Å². The zero-order valence-electron chi connectivity index (χ0n) is 10.5. The number of pyridine rings is 1. The van der Waals surface area contributed by atoms with Gasteiger partial charge in [0.15, 0.2) is 11.5 Å². The van der Waals surface area contributed by atoms with Gasteiger partial charge in [-0.1, -0.05) is 6.07 Å². The van der Waals surface area contributed by atoms with E-state index in [1.807, 2.05) is 24.3 Å². The maximum Gasteiger partial charge on any atom is 0.231 e. The molecule has 3 N–H and O–H groups in total. The van der Waals surface area contributed by atoms with Crippen LogP contribution in [0.4, 0.5) is 5.82 Å². The standard InChI is InChI=1S/C13H11N5O2/c14-11-5-8(12-13(15-11)17-18-16-12)3-7-1-2-9-10(4-7)20-6-19-9/h1-2,4-5H,3,6H2,(H3,14,15,16,17,18). The van der Waals surface area contributed by atoms with Gasteiger partial charge in [-0.15, -0.1) is 5.10 Å². The third-order valence-corrected chi connectivity index (χ3v) is 3.22. The largest absolute Gasteiger partial charge is 0.454 e. The van der Waals surface area contributed by atoms with E-state index in [9.17, 15) is 0 Å². The molecular formula is C13H11N5O2. The number of anilines is 1. The molecule has 0 radical (unpaired) electrons. The summed E-state index contributed by atoms with van der Waals surface area (Å²) in [5.74, 6) is 1.97. The molecule has 0 saturated carbocycles. The highest BCUT2D eigenvalue weighted by Crippen LogP contribution is 2.33. The summed E-state index contributed by atoms with van der Waals surface area (Å²) in [5.41, 5.74) is 9.11. The minimum Gasteiger partial charge on any atom is -0.454 e. The van der Waals surface area contributed by atoms with E-state index in [0.717, 1.165) is 28.1 Å². The smallest absolute Gasteiger partial charge is 0.231 e. The molecular weight excluding hydrogens is 258 g/mol. The molecule has 2 aromatic heterocycles.